The summed E-state index contributed by atoms with van der Waals surface area (Å²) in [7, 11) is -3.70. The Morgan fingerprint density at radius 1 is 1.22 bits per heavy atom. The van der Waals surface area contributed by atoms with Gasteiger partial charge in [0.05, 0.1) is 12.2 Å². The van der Waals surface area contributed by atoms with Gasteiger partial charge in [-0.3, -0.25) is 4.79 Å². The van der Waals surface area contributed by atoms with Crippen LogP contribution in [-0.4, -0.2) is 18.9 Å². The first-order valence-electron chi connectivity index (χ1n) is 6.56. The molecular formula is C14H13N3O3S3. The molecule has 3 N–H and O–H groups in total. The SMILES string of the molecule is NS(=O)(=O)c1ccc(CNC(=O)c2sccc2-n2cccc2)s1. The predicted molar refractivity (Wildman–Crippen MR) is 90.5 cm³/mol. The molecule has 0 radical (unpaired) electrons. The zero-order valence-electron chi connectivity index (χ0n) is 11.8. The Bertz CT molecular complexity index is 924. The number of aromatic nitrogens is 1. The quantitative estimate of drug-likeness (QED) is 0.724. The number of nitrogens with two attached hydrogens (primary N) is 1. The van der Waals surface area contributed by atoms with Crippen LogP contribution in [0.1, 0.15) is 14.5 Å². The van der Waals surface area contributed by atoms with Crippen LogP contribution in [0.3, 0.4) is 0 Å². The smallest absolute Gasteiger partial charge is 0.263 e. The molecule has 0 fully saturated rings. The average molecular weight is 367 g/mol. The van der Waals surface area contributed by atoms with E-state index in [0.29, 0.717) is 4.88 Å². The van der Waals surface area contributed by atoms with Crippen molar-refractivity contribution in [3.8, 4) is 5.69 Å². The van der Waals surface area contributed by atoms with Gasteiger partial charge in [0.25, 0.3) is 5.91 Å². The summed E-state index contributed by atoms with van der Waals surface area (Å²) in [5, 5.41) is 9.73. The van der Waals surface area contributed by atoms with E-state index in [2.05, 4.69) is 5.32 Å². The van der Waals surface area contributed by atoms with Gasteiger partial charge in [0, 0.05) is 17.3 Å². The van der Waals surface area contributed by atoms with Crippen molar-refractivity contribution in [3.05, 3.63) is 57.9 Å². The molecule has 23 heavy (non-hydrogen) atoms. The van der Waals surface area contributed by atoms with Crippen molar-refractivity contribution >= 4 is 38.6 Å². The van der Waals surface area contributed by atoms with E-state index >= 15 is 0 Å². The number of nitrogens with zero attached hydrogens (tertiary/aromatic N) is 1. The Balaban J connectivity index is 1.71. The summed E-state index contributed by atoms with van der Waals surface area (Å²) in [6, 6.07) is 8.74. The topological polar surface area (TPSA) is 94.2 Å². The summed E-state index contributed by atoms with van der Waals surface area (Å²) in [5.74, 6) is -0.200. The molecule has 0 aliphatic carbocycles. The molecule has 3 aromatic rings. The molecule has 0 spiro atoms. The lowest BCUT2D eigenvalue weighted by atomic mass is 10.3. The molecule has 9 heteroatoms. The standard InChI is InChI=1S/C14H13N3O3S3/c15-23(19,20)12-4-3-10(22-12)9-16-14(18)13-11(5-8-21-13)17-6-1-2-7-17/h1-8H,9H2,(H,16,18)(H2,15,19,20). The summed E-state index contributed by atoms with van der Waals surface area (Å²) in [4.78, 5) is 13.7. The Hall–Kier alpha value is -1.94. The summed E-state index contributed by atoms with van der Waals surface area (Å²) in [6.07, 6.45) is 3.74. The van der Waals surface area contributed by atoms with Gasteiger partial charge in [0.15, 0.2) is 0 Å². The number of sulfonamides is 1. The number of carbonyl (C=O) groups excluding carboxylic acids is 1. The molecule has 120 valence electrons. The fourth-order valence-electron chi connectivity index (χ4n) is 2.02. The Labute approximate surface area is 141 Å². The zero-order valence-corrected chi connectivity index (χ0v) is 14.2. The second-order valence-electron chi connectivity index (χ2n) is 4.67. The molecule has 0 bridgehead atoms. The van der Waals surface area contributed by atoms with Crippen LogP contribution in [0, 0.1) is 0 Å². The first kappa shape index (κ1) is 15.9. The molecule has 3 heterocycles. The average Bonchev–Trinajstić information content (AvgIpc) is 3.22. The van der Waals surface area contributed by atoms with Crippen LogP contribution in [0.2, 0.25) is 0 Å². The summed E-state index contributed by atoms with van der Waals surface area (Å²) in [6.45, 7) is 0.252. The zero-order chi connectivity index (χ0) is 16.4. The first-order valence-corrected chi connectivity index (χ1v) is 9.80. The molecule has 3 aromatic heterocycles. The molecule has 0 atom stereocenters. The van der Waals surface area contributed by atoms with Crippen LogP contribution in [0.25, 0.3) is 5.69 Å². The van der Waals surface area contributed by atoms with Crippen LogP contribution in [0.15, 0.2) is 52.3 Å². The van der Waals surface area contributed by atoms with Gasteiger partial charge in [0.2, 0.25) is 10.0 Å². The molecule has 0 aliphatic rings. The minimum absolute atomic E-state index is 0.0888. The maximum Gasteiger partial charge on any atom is 0.263 e. The summed E-state index contributed by atoms with van der Waals surface area (Å²) in [5.41, 5.74) is 0.814. The molecule has 0 saturated carbocycles. The van der Waals surface area contributed by atoms with Crippen LogP contribution in [-0.2, 0) is 16.6 Å². The highest BCUT2D eigenvalue weighted by Crippen LogP contribution is 2.23. The highest BCUT2D eigenvalue weighted by atomic mass is 32.2. The van der Waals surface area contributed by atoms with Gasteiger partial charge in [-0.15, -0.1) is 22.7 Å². The lowest BCUT2D eigenvalue weighted by molar-refractivity contribution is 0.0955. The fraction of sp³-hybridized carbons (Fsp3) is 0.0714. The number of primary sulfonamides is 1. The van der Waals surface area contributed by atoms with Gasteiger partial charge in [-0.25, -0.2) is 13.6 Å². The van der Waals surface area contributed by atoms with E-state index in [9.17, 15) is 13.2 Å². The summed E-state index contributed by atoms with van der Waals surface area (Å²) < 4.78 is 24.5. The number of nitrogens with one attached hydrogen (secondary N) is 1. The third-order valence-electron chi connectivity index (χ3n) is 3.07. The predicted octanol–water partition coefficient (Wildman–Crippen LogP) is 2.18. The number of carbonyl (C=O) groups is 1. The van der Waals surface area contributed by atoms with Crippen LogP contribution in [0.5, 0.6) is 0 Å². The number of thiophene rings is 2. The van der Waals surface area contributed by atoms with E-state index in [4.69, 9.17) is 5.14 Å². The molecule has 0 unspecified atom stereocenters. The van der Waals surface area contributed by atoms with Crippen molar-refractivity contribution in [2.45, 2.75) is 10.8 Å². The van der Waals surface area contributed by atoms with E-state index < -0.39 is 10.0 Å². The maximum atomic E-state index is 12.3. The highest BCUT2D eigenvalue weighted by Gasteiger charge is 2.15. The molecule has 1 amide bonds. The van der Waals surface area contributed by atoms with Crippen molar-refractivity contribution in [1.82, 2.24) is 9.88 Å². The summed E-state index contributed by atoms with van der Waals surface area (Å²) >= 11 is 2.41. The second kappa shape index (κ2) is 6.28. The van der Waals surface area contributed by atoms with Crippen molar-refractivity contribution in [2.75, 3.05) is 0 Å². The third kappa shape index (κ3) is 3.53. The Morgan fingerprint density at radius 3 is 2.61 bits per heavy atom. The van der Waals surface area contributed by atoms with Crippen LogP contribution >= 0.6 is 22.7 Å². The van der Waals surface area contributed by atoms with Crippen molar-refractivity contribution in [1.29, 1.82) is 0 Å². The highest BCUT2D eigenvalue weighted by molar-refractivity contribution is 7.91. The molecule has 0 saturated heterocycles. The van der Waals surface area contributed by atoms with Gasteiger partial charge >= 0.3 is 0 Å². The molecular weight excluding hydrogens is 354 g/mol. The van der Waals surface area contributed by atoms with Crippen molar-refractivity contribution < 1.29 is 13.2 Å². The van der Waals surface area contributed by atoms with Gasteiger partial charge in [0.1, 0.15) is 9.09 Å². The number of hydrogen-bond donors (Lipinski definition) is 2. The van der Waals surface area contributed by atoms with Gasteiger partial charge in [-0.2, -0.15) is 0 Å². The number of amides is 1. The normalized spacial score (nSPS) is 11.5. The van der Waals surface area contributed by atoms with E-state index in [0.717, 1.165) is 21.9 Å². The minimum Gasteiger partial charge on any atom is -0.346 e. The van der Waals surface area contributed by atoms with E-state index in [-0.39, 0.29) is 16.7 Å². The van der Waals surface area contributed by atoms with E-state index in [1.165, 1.54) is 17.4 Å². The van der Waals surface area contributed by atoms with Crippen molar-refractivity contribution in [2.24, 2.45) is 5.14 Å². The Kier molecular flexibility index (Phi) is 4.35. The van der Waals surface area contributed by atoms with E-state index in [1.54, 1.807) is 6.07 Å². The lowest BCUT2D eigenvalue weighted by Gasteiger charge is -2.06. The maximum absolute atomic E-state index is 12.3. The van der Waals surface area contributed by atoms with Gasteiger partial charge in [-0.05, 0) is 35.7 Å². The monoisotopic (exact) mass is 367 g/mol. The van der Waals surface area contributed by atoms with Crippen LogP contribution < -0.4 is 10.5 Å². The number of hydrogen-bond acceptors (Lipinski definition) is 5. The molecule has 3 rings (SSSR count). The molecule has 0 aliphatic heterocycles. The van der Waals surface area contributed by atoms with Crippen LogP contribution in [0.4, 0.5) is 0 Å². The fourth-order valence-corrected chi connectivity index (χ4v) is 4.55. The molecule has 6 nitrogen and oxygen atoms in total. The largest absolute Gasteiger partial charge is 0.346 e. The van der Waals surface area contributed by atoms with Gasteiger partial charge < -0.3 is 9.88 Å². The first-order chi connectivity index (χ1) is 10.9. The molecule has 0 aromatic carbocycles. The van der Waals surface area contributed by atoms with Gasteiger partial charge in [-0.1, -0.05) is 0 Å². The minimum atomic E-state index is -3.70. The third-order valence-corrected chi connectivity index (χ3v) is 6.50. The number of rotatable bonds is 5. The second-order valence-corrected chi connectivity index (χ2v) is 8.55. The van der Waals surface area contributed by atoms with Crippen molar-refractivity contribution in [3.63, 3.8) is 0 Å². The lowest BCUT2D eigenvalue weighted by Crippen LogP contribution is -2.22. The Morgan fingerprint density at radius 2 is 1.96 bits per heavy atom. The van der Waals surface area contributed by atoms with E-state index in [1.807, 2.05) is 40.5 Å².